The minimum absolute atomic E-state index is 0.0629. The summed E-state index contributed by atoms with van der Waals surface area (Å²) in [6.45, 7) is 14.3. The van der Waals surface area contributed by atoms with Crippen LogP contribution in [-0.2, 0) is 0 Å². The maximum atomic E-state index is 9.50. The first-order valence-corrected chi connectivity index (χ1v) is 13.2. The number of hydrogen-bond acceptors (Lipinski definition) is 2. The quantitative estimate of drug-likeness (QED) is 0.342. The molecule has 4 N–H and O–H groups in total. The zero-order valence-electron chi connectivity index (χ0n) is 20.8. The van der Waals surface area contributed by atoms with Gasteiger partial charge in [0.05, 0.1) is 7.18 Å². The molecule has 3 rings (SSSR count). The predicted molar refractivity (Wildman–Crippen MR) is 133 cm³/mol. The first-order chi connectivity index (χ1) is 14.2. The Balaban J connectivity index is 0.00000155. The monoisotopic (exact) mass is 440 g/mol. The average Bonchev–Trinajstić information content (AvgIpc) is 2.71. The number of allylic oxidation sites excluding steroid dienone is 2. The van der Waals surface area contributed by atoms with Gasteiger partial charge >= 0.3 is 0 Å². The summed E-state index contributed by atoms with van der Waals surface area (Å²) >= 11 is 0. The van der Waals surface area contributed by atoms with Crippen LogP contribution in [0.15, 0.2) is 12.2 Å². The van der Waals surface area contributed by atoms with Crippen molar-refractivity contribution in [3.8, 4) is 0 Å². The molecule has 0 radical (unpaired) electrons. The molecule has 9 unspecified atom stereocenters. The van der Waals surface area contributed by atoms with E-state index in [4.69, 9.17) is 11.5 Å². The Kier molecular flexibility index (Phi) is 8.30. The van der Waals surface area contributed by atoms with Gasteiger partial charge in [-0.05, 0) is 86.1 Å². The summed E-state index contributed by atoms with van der Waals surface area (Å²) in [4.78, 5) is 0. The molecule has 0 aromatic heterocycles. The van der Waals surface area contributed by atoms with E-state index in [-0.39, 0.29) is 21.8 Å². The first-order valence-electron chi connectivity index (χ1n) is 12.4. The van der Waals surface area contributed by atoms with Crippen LogP contribution in [0.2, 0.25) is 0 Å². The molecule has 0 aromatic carbocycles. The molecule has 176 valence electrons. The summed E-state index contributed by atoms with van der Waals surface area (Å²) in [5, 5.41) is 0. The van der Waals surface area contributed by atoms with Crippen LogP contribution in [0.3, 0.4) is 0 Å². The molecule has 0 saturated heterocycles. The van der Waals surface area contributed by atoms with Crippen molar-refractivity contribution in [2.24, 2.45) is 51.4 Å². The van der Waals surface area contributed by atoms with Crippen LogP contribution in [0.25, 0.3) is 0 Å². The Morgan fingerprint density at radius 3 is 2.20 bits per heavy atom. The smallest absolute Gasteiger partial charge is 0.0785 e. The molecule has 3 aliphatic carbocycles. The minimum Gasteiger partial charge on any atom is -0.327 e. The molecule has 1 spiro atoms. The Labute approximate surface area is 188 Å². The van der Waals surface area contributed by atoms with Crippen molar-refractivity contribution in [3.63, 3.8) is 0 Å². The molecular formula is C26H50FN2P. The second-order valence-electron chi connectivity index (χ2n) is 11.0. The van der Waals surface area contributed by atoms with Gasteiger partial charge in [-0.2, -0.15) is 0 Å². The molecule has 3 saturated carbocycles. The van der Waals surface area contributed by atoms with Gasteiger partial charge in [0.2, 0.25) is 0 Å². The fourth-order valence-electron chi connectivity index (χ4n) is 9.23. The van der Waals surface area contributed by atoms with E-state index in [2.05, 4.69) is 62.9 Å². The van der Waals surface area contributed by atoms with Crippen LogP contribution in [0.1, 0.15) is 86.5 Å². The van der Waals surface area contributed by atoms with E-state index < -0.39 is 0 Å². The molecule has 3 aliphatic rings. The number of halogens is 1. The topological polar surface area (TPSA) is 52.0 Å². The van der Waals surface area contributed by atoms with Crippen LogP contribution < -0.4 is 11.5 Å². The molecule has 0 aromatic rings. The molecule has 2 nitrogen and oxygen atoms in total. The lowest BCUT2D eigenvalue weighted by Crippen LogP contribution is -2.84. The molecule has 9 atom stereocenters. The highest BCUT2D eigenvalue weighted by Crippen LogP contribution is 2.84. The molecule has 0 amide bonds. The standard InChI is InChI=1S/C25H47N2P.CH3F/c1-7-12-23(6)17(8-2)18-15-19-21(24(27,9-3)10-4)22(5,13-11-14-28)16-20(26)25(18,19)23;1-2/h7,12,17-21H,8-11,13-16,26-28H2,1-6H3;1H3. The highest BCUT2D eigenvalue weighted by Gasteiger charge is 2.81. The Hall–Kier alpha value is 0.0200. The van der Waals surface area contributed by atoms with E-state index in [0.29, 0.717) is 25.1 Å². The van der Waals surface area contributed by atoms with E-state index >= 15 is 0 Å². The normalized spacial score (nSPS) is 45.0. The number of alkyl halides is 1. The fraction of sp³-hybridized carbons (Fsp3) is 0.923. The summed E-state index contributed by atoms with van der Waals surface area (Å²) in [6.07, 6.45) is 14.5. The third-order valence-electron chi connectivity index (χ3n) is 10.2. The summed E-state index contributed by atoms with van der Waals surface area (Å²) in [5.41, 5.74) is 15.1. The SMILES string of the molecule is CC=CC1(C)C(CC)C2CC3C(C(N)(CC)CC)C(C)(CCCP)CC(N)C321.CF. The largest absolute Gasteiger partial charge is 0.327 e. The van der Waals surface area contributed by atoms with Gasteiger partial charge in [0.25, 0.3) is 0 Å². The molecule has 0 bridgehead atoms. The molecule has 4 heteroatoms. The number of rotatable bonds is 8. The molecule has 0 aliphatic heterocycles. The van der Waals surface area contributed by atoms with E-state index in [1.807, 2.05) is 0 Å². The van der Waals surface area contributed by atoms with E-state index in [0.717, 1.165) is 31.1 Å². The van der Waals surface area contributed by atoms with Crippen molar-refractivity contribution in [3.05, 3.63) is 12.2 Å². The van der Waals surface area contributed by atoms with Crippen LogP contribution in [0, 0.1) is 39.9 Å². The van der Waals surface area contributed by atoms with Crippen molar-refractivity contribution >= 4 is 9.24 Å². The van der Waals surface area contributed by atoms with Crippen molar-refractivity contribution in [2.75, 3.05) is 13.3 Å². The maximum absolute atomic E-state index is 9.50. The van der Waals surface area contributed by atoms with Crippen LogP contribution in [0.5, 0.6) is 0 Å². The van der Waals surface area contributed by atoms with Gasteiger partial charge < -0.3 is 11.5 Å². The third kappa shape index (κ3) is 3.28. The molecule has 0 heterocycles. The zero-order valence-corrected chi connectivity index (χ0v) is 22.0. The fourth-order valence-corrected chi connectivity index (χ4v) is 9.44. The van der Waals surface area contributed by atoms with Gasteiger partial charge in [0.15, 0.2) is 0 Å². The number of hydrogen-bond donors (Lipinski definition) is 2. The van der Waals surface area contributed by atoms with E-state index in [1.54, 1.807) is 0 Å². The second kappa shape index (κ2) is 9.48. The number of nitrogens with two attached hydrogens (primary N) is 2. The van der Waals surface area contributed by atoms with Crippen molar-refractivity contribution in [1.82, 2.24) is 0 Å². The van der Waals surface area contributed by atoms with Crippen molar-refractivity contribution in [1.29, 1.82) is 0 Å². The van der Waals surface area contributed by atoms with Crippen LogP contribution in [0.4, 0.5) is 4.39 Å². The minimum atomic E-state index is -0.0629. The lowest BCUT2D eigenvalue weighted by atomic mass is 9.20. The third-order valence-corrected chi connectivity index (χ3v) is 10.6. The highest BCUT2D eigenvalue weighted by atomic mass is 31.0. The summed E-state index contributed by atoms with van der Waals surface area (Å²) in [6, 6.07) is 0.309. The average molecular weight is 441 g/mol. The second-order valence-corrected chi connectivity index (χ2v) is 11.5. The van der Waals surface area contributed by atoms with Gasteiger partial charge in [-0.1, -0.05) is 53.2 Å². The predicted octanol–water partition coefficient (Wildman–Crippen LogP) is 6.34. The van der Waals surface area contributed by atoms with Crippen molar-refractivity contribution < 1.29 is 4.39 Å². The van der Waals surface area contributed by atoms with Gasteiger partial charge in [-0.25, -0.2) is 0 Å². The molecule has 30 heavy (non-hydrogen) atoms. The van der Waals surface area contributed by atoms with Gasteiger partial charge in [0.1, 0.15) is 0 Å². The van der Waals surface area contributed by atoms with Crippen molar-refractivity contribution in [2.45, 2.75) is 98.1 Å². The van der Waals surface area contributed by atoms with Crippen LogP contribution >= 0.6 is 9.24 Å². The molecule has 3 fully saturated rings. The van der Waals surface area contributed by atoms with Gasteiger partial charge in [0, 0.05) is 17.0 Å². The lowest BCUT2D eigenvalue weighted by molar-refractivity contribution is -0.343. The van der Waals surface area contributed by atoms with Gasteiger partial charge in [-0.15, -0.1) is 9.24 Å². The first kappa shape index (κ1) is 26.3. The highest BCUT2D eigenvalue weighted by molar-refractivity contribution is 7.16. The maximum Gasteiger partial charge on any atom is 0.0785 e. The molecular weight excluding hydrogens is 390 g/mol. The Bertz CT molecular complexity index is 606. The summed E-state index contributed by atoms with van der Waals surface area (Å²) in [5.74, 6) is 2.87. The Morgan fingerprint density at radius 2 is 1.73 bits per heavy atom. The Morgan fingerprint density at radius 1 is 1.13 bits per heavy atom. The summed E-state index contributed by atoms with van der Waals surface area (Å²) in [7, 11) is 3.42. The van der Waals surface area contributed by atoms with Crippen LogP contribution in [-0.4, -0.2) is 24.9 Å². The summed E-state index contributed by atoms with van der Waals surface area (Å²) < 4.78 is 9.50. The lowest BCUT2D eigenvalue weighted by Gasteiger charge is -2.84. The van der Waals surface area contributed by atoms with Gasteiger partial charge in [-0.3, -0.25) is 4.39 Å². The zero-order chi connectivity index (χ0) is 23.0. The van der Waals surface area contributed by atoms with E-state index in [9.17, 15) is 4.39 Å². The van der Waals surface area contributed by atoms with E-state index in [1.165, 1.54) is 31.8 Å².